The minimum absolute atomic E-state index is 0.0153. The molecule has 1 aliphatic heterocycles. The van der Waals surface area contributed by atoms with Gasteiger partial charge in [0.25, 0.3) is 0 Å². The molecule has 2 N–H and O–H groups in total. The van der Waals surface area contributed by atoms with Gasteiger partial charge in [0, 0.05) is 25.1 Å². The van der Waals surface area contributed by atoms with Crippen molar-refractivity contribution < 1.29 is 4.74 Å². The molecule has 0 aliphatic carbocycles. The number of piperidine rings is 1. The number of ether oxygens (including phenoxy) is 1. The third-order valence-electron chi connectivity index (χ3n) is 4.63. The molecule has 1 fully saturated rings. The highest BCUT2D eigenvalue weighted by molar-refractivity contribution is 7.11. The van der Waals surface area contributed by atoms with Crippen LogP contribution in [0.3, 0.4) is 0 Å². The number of hydrogen-bond acceptors (Lipinski definition) is 5. The number of methoxy groups -OCH3 is 1. The molecule has 4 nitrogen and oxygen atoms in total. The van der Waals surface area contributed by atoms with Crippen LogP contribution in [0.4, 0.5) is 0 Å². The number of aromatic nitrogens is 1. The summed E-state index contributed by atoms with van der Waals surface area (Å²) in [5, 5.41) is 8.62. The molecule has 5 heteroatoms. The molecule has 1 aromatic rings. The summed E-state index contributed by atoms with van der Waals surface area (Å²) in [5.74, 6) is 0.582. The third kappa shape index (κ3) is 3.47. The Bertz CT molecular complexity index is 449. The molecule has 0 radical (unpaired) electrons. The summed E-state index contributed by atoms with van der Waals surface area (Å²) in [6.45, 7) is 10.4. The largest absolute Gasteiger partial charge is 0.383 e. The molecule has 0 spiro atoms. The third-order valence-corrected chi connectivity index (χ3v) is 5.82. The maximum Gasteiger partial charge on any atom is 0.114 e. The lowest BCUT2D eigenvalue weighted by molar-refractivity contribution is 0.125. The van der Waals surface area contributed by atoms with Crippen molar-refractivity contribution in [2.45, 2.75) is 45.6 Å². The zero-order valence-electron chi connectivity index (χ0n) is 13.8. The van der Waals surface area contributed by atoms with E-state index in [1.807, 2.05) is 11.3 Å². The highest BCUT2D eigenvalue weighted by Crippen LogP contribution is 2.39. The fourth-order valence-corrected chi connectivity index (χ4v) is 4.62. The van der Waals surface area contributed by atoms with E-state index in [4.69, 9.17) is 9.72 Å². The summed E-state index contributed by atoms with van der Waals surface area (Å²) in [4.78, 5) is 6.36. The summed E-state index contributed by atoms with van der Waals surface area (Å²) in [6.07, 6.45) is 3.28. The topological polar surface area (TPSA) is 46.2 Å². The number of thiazole rings is 1. The Hall–Kier alpha value is -0.490. The van der Waals surface area contributed by atoms with Crippen LogP contribution in [0.1, 0.15) is 42.3 Å². The zero-order valence-corrected chi connectivity index (χ0v) is 14.6. The van der Waals surface area contributed by atoms with Gasteiger partial charge in [-0.3, -0.25) is 0 Å². The quantitative estimate of drug-likeness (QED) is 0.760. The van der Waals surface area contributed by atoms with Crippen LogP contribution >= 0.6 is 11.3 Å². The number of rotatable bonds is 7. The van der Waals surface area contributed by atoms with Gasteiger partial charge in [0.2, 0.25) is 0 Å². The number of aryl methyl sites for hydroxylation is 2. The minimum Gasteiger partial charge on any atom is -0.383 e. The van der Waals surface area contributed by atoms with E-state index in [0.717, 1.165) is 45.5 Å². The second kappa shape index (κ2) is 7.68. The molecule has 1 saturated heterocycles. The fourth-order valence-electron chi connectivity index (χ4n) is 3.35. The van der Waals surface area contributed by atoms with E-state index in [1.165, 1.54) is 15.6 Å². The Morgan fingerprint density at radius 3 is 2.90 bits per heavy atom. The van der Waals surface area contributed by atoms with Gasteiger partial charge in [0.05, 0.1) is 17.8 Å². The lowest BCUT2D eigenvalue weighted by Crippen LogP contribution is -2.57. The molecule has 2 heterocycles. The second-order valence-electron chi connectivity index (χ2n) is 5.83. The van der Waals surface area contributed by atoms with E-state index in [0.29, 0.717) is 5.92 Å². The predicted octanol–water partition coefficient (Wildman–Crippen LogP) is 2.46. The molecule has 0 aromatic carbocycles. The van der Waals surface area contributed by atoms with Crippen LogP contribution in [-0.4, -0.2) is 38.3 Å². The van der Waals surface area contributed by atoms with Gasteiger partial charge >= 0.3 is 0 Å². The van der Waals surface area contributed by atoms with Crippen LogP contribution in [0.15, 0.2) is 0 Å². The molecule has 2 atom stereocenters. The first kappa shape index (κ1) is 16.9. The van der Waals surface area contributed by atoms with Gasteiger partial charge in [0.15, 0.2) is 0 Å². The van der Waals surface area contributed by atoms with E-state index < -0.39 is 0 Å². The van der Waals surface area contributed by atoms with Crippen molar-refractivity contribution in [3.63, 3.8) is 0 Å². The summed E-state index contributed by atoms with van der Waals surface area (Å²) < 4.78 is 5.24. The number of nitrogens with zero attached hydrogens (tertiary/aromatic N) is 1. The monoisotopic (exact) mass is 311 g/mol. The van der Waals surface area contributed by atoms with Gasteiger partial charge in [-0.2, -0.15) is 0 Å². The Balaban J connectivity index is 2.33. The molecule has 0 saturated carbocycles. The predicted molar refractivity (Wildman–Crippen MR) is 89.1 cm³/mol. The average Bonchev–Trinajstić information content (AvgIpc) is 2.89. The van der Waals surface area contributed by atoms with Gasteiger partial charge in [-0.05, 0) is 38.6 Å². The summed E-state index contributed by atoms with van der Waals surface area (Å²) >= 11 is 1.88. The molecule has 2 unspecified atom stereocenters. The van der Waals surface area contributed by atoms with Crippen molar-refractivity contribution >= 4 is 11.3 Å². The van der Waals surface area contributed by atoms with Crippen LogP contribution in [0, 0.1) is 12.8 Å². The van der Waals surface area contributed by atoms with E-state index in [2.05, 4.69) is 31.4 Å². The van der Waals surface area contributed by atoms with Crippen molar-refractivity contribution in [2.24, 2.45) is 5.92 Å². The highest BCUT2D eigenvalue weighted by atomic mass is 32.1. The van der Waals surface area contributed by atoms with E-state index in [9.17, 15) is 0 Å². The van der Waals surface area contributed by atoms with Crippen molar-refractivity contribution in [3.8, 4) is 0 Å². The van der Waals surface area contributed by atoms with E-state index in [1.54, 1.807) is 7.11 Å². The summed E-state index contributed by atoms with van der Waals surface area (Å²) in [6, 6.07) is 0. The van der Waals surface area contributed by atoms with Crippen LogP contribution in [0.5, 0.6) is 0 Å². The normalized spacial score (nSPS) is 26.2. The molecule has 0 amide bonds. The molecule has 1 aliphatic rings. The maximum atomic E-state index is 5.24. The highest BCUT2D eigenvalue weighted by Gasteiger charge is 2.43. The lowest BCUT2D eigenvalue weighted by Gasteiger charge is -2.43. The van der Waals surface area contributed by atoms with E-state index in [-0.39, 0.29) is 5.54 Å². The average molecular weight is 311 g/mol. The van der Waals surface area contributed by atoms with Crippen molar-refractivity contribution in [3.05, 3.63) is 15.6 Å². The van der Waals surface area contributed by atoms with E-state index >= 15 is 0 Å². The summed E-state index contributed by atoms with van der Waals surface area (Å²) in [7, 11) is 1.76. The van der Waals surface area contributed by atoms with Crippen LogP contribution < -0.4 is 10.6 Å². The molecule has 2 rings (SSSR count). The van der Waals surface area contributed by atoms with Crippen molar-refractivity contribution in [2.75, 3.05) is 33.4 Å². The maximum absolute atomic E-state index is 5.24. The first-order valence-corrected chi connectivity index (χ1v) is 8.91. The molecular weight excluding hydrogens is 282 g/mol. The molecular formula is C16H29N3OS. The van der Waals surface area contributed by atoms with Crippen LogP contribution in [0.2, 0.25) is 0 Å². The molecule has 0 bridgehead atoms. The van der Waals surface area contributed by atoms with Gasteiger partial charge in [-0.15, -0.1) is 11.3 Å². The van der Waals surface area contributed by atoms with Gasteiger partial charge in [0.1, 0.15) is 5.01 Å². The first-order valence-electron chi connectivity index (χ1n) is 8.09. The molecule has 1 aromatic heterocycles. The standard InChI is InChI=1S/C16H29N3OS/c1-5-13-11-17-8-7-16(13,18-9-10-20-4)15-19-14(6-2)12(3)21-15/h13,17-18H,5-11H2,1-4H3. The molecule has 21 heavy (non-hydrogen) atoms. The smallest absolute Gasteiger partial charge is 0.114 e. The zero-order chi connectivity index (χ0) is 15.3. The lowest BCUT2D eigenvalue weighted by atomic mass is 9.77. The number of nitrogens with one attached hydrogen (secondary N) is 2. The van der Waals surface area contributed by atoms with Crippen molar-refractivity contribution in [1.82, 2.24) is 15.6 Å². The Morgan fingerprint density at radius 1 is 1.48 bits per heavy atom. The summed E-state index contributed by atoms with van der Waals surface area (Å²) in [5.41, 5.74) is 1.28. The second-order valence-corrected chi connectivity index (χ2v) is 7.03. The van der Waals surface area contributed by atoms with Gasteiger partial charge in [-0.1, -0.05) is 13.8 Å². The Kier molecular flexibility index (Phi) is 6.17. The van der Waals surface area contributed by atoms with Gasteiger partial charge in [-0.25, -0.2) is 4.98 Å². The van der Waals surface area contributed by atoms with Crippen molar-refractivity contribution in [1.29, 1.82) is 0 Å². The fraction of sp³-hybridized carbons (Fsp3) is 0.812. The van der Waals surface area contributed by atoms with Gasteiger partial charge < -0.3 is 15.4 Å². The minimum atomic E-state index is 0.0153. The Morgan fingerprint density at radius 2 is 2.29 bits per heavy atom. The first-order chi connectivity index (χ1) is 10.2. The van der Waals surface area contributed by atoms with Crippen LogP contribution in [-0.2, 0) is 16.7 Å². The Labute approximate surface area is 132 Å². The van der Waals surface area contributed by atoms with Crippen LogP contribution in [0.25, 0.3) is 0 Å². The molecule has 120 valence electrons. The number of hydrogen-bond donors (Lipinski definition) is 2. The SMILES string of the molecule is CCc1nc(C2(NCCOC)CCNCC2CC)sc1C.